The molecule has 15 heavy (non-hydrogen) atoms. The maximum absolute atomic E-state index is 5.95. The average Bonchev–Trinajstić information content (AvgIpc) is 2.50. The molecule has 2 heterocycles. The predicted molar refractivity (Wildman–Crippen MR) is 65.3 cm³/mol. The Kier molecular flexibility index (Phi) is 3.16. The van der Waals surface area contributed by atoms with Crippen molar-refractivity contribution in [3.63, 3.8) is 0 Å². The Labute approximate surface area is 103 Å². The zero-order valence-electron chi connectivity index (χ0n) is 8.74. The van der Waals surface area contributed by atoms with Gasteiger partial charge >= 0.3 is 0 Å². The van der Waals surface area contributed by atoms with Crippen LogP contribution in [-0.2, 0) is 0 Å². The van der Waals surface area contributed by atoms with Gasteiger partial charge in [-0.2, -0.15) is 0 Å². The van der Waals surface area contributed by atoms with Crippen LogP contribution in [0.5, 0.6) is 0 Å². The lowest BCUT2D eigenvalue weighted by molar-refractivity contribution is 0.625. The van der Waals surface area contributed by atoms with E-state index in [0.717, 1.165) is 16.8 Å². The summed E-state index contributed by atoms with van der Waals surface area (Å²) in [7, 11) is 0. The van der Waals surface area contributed by atoms with Crippen LogP contribution in [0.2, 0.25) is 5.15 Å². The van der Waals surface area contributed by atoms with E-state index in [1.807, 2.05) is 0 Å². The molecule has 2 unspecified atom stereocenters. The predicted octanol–water partition coefficient (Wildman–Crippen LogP) is 3.13. The van der Waals surface area contributed by atoms with Crippen molar-refractivity contribution in [2.75, 3.05) is 11.4 Å². The SMILES string of the molecule is CC1CC(C)N(c2ncnc(Cl)c2Br)C1. The van der Waals surface area contributed by atoms with Crippen LogP contribution in [0.4, 0.5) is 5.82 Å². The molecule has 0 N–H and O–H groups in total. The Hall–Kier alpha value is -0.350. The van der Waals surface area contributed by atoms with E-state index >= 15 is 0 Å². The second-order valence-electron chi connectivity index (χ2n) is 4.14. The number of rotatable bonds is 1. The average molecular weight is 291 g/mol. The smallest absolute Gasteiger partial charge is 0.148 e. The zero-order chi connectivity index (χ0) is 11.0. The van der Waals surface area contributed by atoms with Gasteiger partial charge in [-0.3, -0.25) is 0 Å². The van der Waals surface area contributed by atoms with Crippen molar-refractivity contribution in [1.82, 2.24) is 9.97 Å². The fourth-order valence-corrected chi connectivity index (χ4v) is 2.70. The highest BCUT2D eigenvalue weighted by atomic mass is 79.9. The monoisotopic (exact) mass is 289 g/mol. The van der Waals surface area contributed by atoms with Gasteiger partial charge in [0.2, 0.25) is 0 Å². The van der Waals surface area contributed by atoms with Gasteiger partial charge in [0.05, 0.1) is 4.47 Å². The van der Waals surface area contributed by atoms with Gasteiger partial charge in [-0.1, -0.05) is 18.5 Å². The molecule has 3 nitrogen and oxygen atoms in total. The van der Waals surface area contributed by atoms with Gasteiger partial charge in [0, 0.05) is 12.6 Å². The van der Waals surface area contributed by atoms with Crippen LogP contribution >= 0.6 is 27.5 Å². The lowest BCUT2D eigenvalue weighted by Gasteiger charge is -2.23. The van der Waals surface area contributed by atoms with E-state index in [9.17, 15) is 0 Å². The zero-order valence-corrected chi connectivity index (χ0v) is 11.1. The van der Waals surface area contributed by atoms with Gasteiger partial charge in [-0.15, -0.1) is 0 Å². The van der Waals surface area contributed by atoms with E-state index in [2.05, 4.69) is 44.6 Å². The Morgan fingerprint density at radius 3 is 2.80 bits per heavy atom. The molecule has 1 aliphatic heterocycles. The van der Waals surface area contributed by atoms with E-state index < -0.39 is 0 Å². The Morgan fingerprint density at radius 2 is 2.20 bits per heavy atom. The molecule has 0 radical (unpaired) electrons. The maximum Gasteiger partial charge on any atom is 0.148 e. The number of nitrogens with zero attached hydrogens (tertiary/aromatic N) is 3. The topological polar surface area (TPSA) is 29.0 Å². The van der Waals surface area contributed by atoms with Gasteiger partial charge in [-0.05, 0) is 35.2 Å². The molecule has 82 valence electrons. The molecule has 0 aromatic carbocycles. The van der Waals surface area contributed by atoms with Crippen LogP contribution in [0.25, 0.3) is 0 Å². The van der Waals surface area contributed by atoms with Gasteiger partial charge in [-0.25, -0.2) is 9.97 Å². The molecule has 0 amide bonds. The van der Waals surface area contributed by atoms with Crippen molar-refractivity contribution in [2.45, 2.75) is 26.3 Å². The minimum absolute atomic E-state index is 0.478. The van der Waals surface area contributed by atoms with E-state index in [4.69, 9.17) is 11.6 Å². The van der Waals surface area contributed by atoms with Crippen molar-refractivity contribution in [2.24, 2.45) is 5.92 Å². The lowest BCUT2D eigenvalue weighted by Crippen LogP contribution is -2.28. The summed E-state index contributed by atoms with van der Waals surface area (Å²) < 4.78 is 0.799. The highest BCUT2D eigenvalue weighted by Gasteiger charge is 2.28. The highest BCUT2D eigenvalue weighted by Crippen LogP contribution is 2.34. The highest BCUT2D eigenvalue weighted by molar-refractivity contribution is 9.10. The van der Waals surface area contributed by atoms with E-state index in [1.54, 1.807) is 0 Å². The normalized spacial score (nSPS) is 26.0. The number of anilines is 1. The number of hydrogen-bond acceptors (Lipinski definition) is 3. The molecule has 1 aromatic rings. The first kappa shape index (κ1) is 11.1. The molecular weight excluding hydrogens is 277 g/mol. The Bertz CT molecular complexity index is 372. The van der Waals surface area contributed by atoms with Gasteiger partial charge in [0.25, 0.3) is 0 Å². The molecule has 1 saturated heterocycles. The second-order valence-corrected chi connectivity index (χ2v) is 5.30. The van der Waals surface area contributed by atoms with Crippen LogP contribution in [0, 0.1) is 5.92 Å². The first-order valence-corrected chi connectivity index (χ1v) is 6.19. The summed E-state index contributed by atoms with van der Waals surface area (Å²) in [6, 6.07) is 0.516. The third-order valence-electron chi connectivity index (χ3n) is 2.78. The summed E-state index contributed by atoms with van der Waals surface area (Å²) in [6.45, 7) is 5.51. The molecule has 0 saturated carbocycles. The molecule has 1 aromatic heterocycles. The van der Waals surface area contributed by atoms with E-state index in [-0.39, 0.29) is 0 Å². The van der Waals surface area contributed by atoms with Crippen LogP contribution in [-0.4, -0.2) is 22.6 Å². The van der Waals surface area contributed by atoms with Gasteiger partial charge in [0.15, 0.2) is 0 Å². The molecular formula is C10H13BrClN3. The molecule has 2 rings (SSSR count). The van der Waals surface area contributed by atoms with Crippen molar-refractivity contribution in [3.8, 4) is 0 Å². The quantitative estimate of drug-likeness (QED) is 0.744. The van der Waals surface area contributed by atoms with Crippen LogP contribution < -0.4 is 4.90 Å². The van der Waals surface area contributed by atoms with Crippen LogP contribution in [0.1, 0.15) is 20.3 Å². The maximum atomic E-state index is 5.95. The molecule has 1 fully saturated rings. The molecule has 0 spiro atoms. The molecule has 1 aliphatic rings. The summed E-state index contributed by atoms with van der Waals surface area (Å²) in [4.78, 5) is 10.5. The third-order valence-corrected chi connectivity index (χ3v) is 4.03. The lowest BCUT2D eigenvalue weighted by atomic mass is 10.1. The van der Waals surface area contributed by atoms with Gasteiger partial charge < -0.3 is 4.90 Å². The number of halogens is 2. The van der Waals surface area contributed by atoms with E-state index in [0.29, 0.717) is 17.1 Å². The Balaban J connectivity index is 2.33. The summed E-state index contributed by atoms with van der Waals surface area (Å²) in [6.07, 6.45) is 2.71. The van der Waals surface area contributed by atoms with Crippen LogP contribution in [0.3, 0.4) is 0 Å². The third kappa shape index (κ3) is 2.11. The standard InChI is InChI=1S/C10H13BrClN3/c1-6-3-7(2)15(4-6)10-8(11)9(12)13-5-14-10/h5-7H,3-4H2,1-2H3. The first-order valence-electron chi connectivity index (χ1n) is 5.02. The van der Waals surface area contributed by atoms with Crippen LogP contribution in [0.15, 0.2) is 10.8 Å². The summed E-state index contributed by atoms with van der Waals surface area (Å²) in [5, 5.41) is 0.478. The fraction of sp³-hybridized carbons (Fsp3) is 0.600. The largest absolute Gasteiger partial charge is 0.353 e. The van der Waals surface area contributed by atoms with E-state index in [1.165, 1.54) is 12.7 Å². The minimum atomic E-state index is 0.478. The minimum Gasteiger partial charge on any atom is -0.353 e. The second kappa shape index (κ2) is 4.26. The number of hydrogen-bond donors (Lipinski definition) is 0. The van der Waals surface area contributed by atoms with Gasteiger partial charge in [0.1, 0.15) is 17.3 Å². The fourth-order valence-electron chi connectivity index (χ4n) is 2.14. The summed E-state index contributed by atoms with van der Waals surface area (Å²) in [5.41, 5.74) is 0. The number of aromatic nitrogens is 2. The first-order chi connectivity index (χ1) is 7.09. The molecule has 5 heteroatoms. The van der Waals surface area contributed by atoms with Crippen molar-refractivity contribution in [3.05, 3.63) is 16.0 Å². The van der Waals surface area contributed by atoms with Crippen molar-refractivity contribution in [1.29, 1.82) is 0 Å². The molecule has 0 bridgehead atoms. The molecule has 2 atom stereocenters. The van der Waals surface area contributed by atoms with Crippen molar-refractivity contribution >= 4 is 33.3 Å². The summed E-state index contributed by atoms with van der Waals surface area (Å²) >= 11 is 9.39. The summed E-state index contributed by atoms with van der Waals surface area (Å²) in [5.74, 6) is 1.62. The van der Waals surface area contributed by atoms with Crippen molar-refractivity contribution < 1.29 is 0 Å². The molecule has 0 aliphatic carbocycles. The Morgan fingerprint density at radius 1 is 1.47 bits per heavy atom.